The van der Waals surface area contributed by atoms with Crippen LogP contribution in [0.5, 0.6) is 0 Å². The number of halogens is 2. The van der Waals surface area contributed by atoms with Crippen LogP contribution >= 0.6 is 11.6 Å². The molecule has 0 saturated heterocycles. The van der Waals surface area contributed by atoms with Crippen molar-refractivity contribution in [3.8, 4) is 0 Å². The summed E-state index contributed by atoms with van der Waals surface area (Å²) in [4.78, 5) is 14.9. The smallest absolute Gasteiger partial charge is 0.254 e. The van der Waals surface area contributed by atoms with Crippen molar-refractivity contribution in [2.45, 2.75) is 39.4 Å². The highest BCUT2D eigenvalue weighted by Crippen LogP contribution is 2.18. The van der Waals surface area contributed by atoms with Crippen LogP contribution in [0.1, 0.15) is 41.9 Å². The van der Waals surface area contributed by atoms with Gasteiger partial charge in [-0.05, 0) is 67.4 Å². The zero-order valence-electron chi connectivity index (χ0n) is 16.1. The Morgan fingerprint density at radius 1 is 1.14 bits per heavy atom. The topological polar surface area (TPSA) is 25.2 Å². The first-order valence-corrected chi connectivity index (χ1v) is 9.80. The molecule has 1 amide bonds. The fraction of sp³-hybridized carbons (Fsp3) is 0.261. The second kappa shape index (κ2) is 9.07. The van der Waals surface area contributed by atoms with Gasteiger partial charge in [0.1, 0.15) is 5.82 Å². The number of amides is 1. The van der Waals surface area contributed by atoms with Crippen molar-refractivity contribution in [1.29, 1.82) is 0 Å². The molecule has 0 aliphatic carbocycles. The highest BCUT2D eigenvalue weighted by molar-refractivity contribution is 6.30. The third kappa shape index (κ3) is 4.82. The minimum Gasteiger partial charge on any atom is -0.345 e. The Labute approximate surface area is 170 Å². The van der Waals surface area contributed by atoms with Crippen molar-refractivity contribution in [3.05, 3.63) is 94.5 Å². The fourth-order valence-electron chi connectivity index (χ4n) is 3.16. The Balaban J connectivity index is 1.83. The van der Waals surface area contributed by atoms with Gasteiger partial charge in [-0.2, -0.15) is 0 Å². The number of hydrogen-bond acceptors (Lipinski definition) is 1. The molecule has 1 heterocycles. The zero-order chi connectivity index (χ0) is 20.1. The van der Waals surface area contributed by atoms with Gasteiger partial charge in [0.2, 0.25) is 0 Å². The normalized spacial score (nSPS) is 12.0. The van der Waals surface area contributed by atoms with E-state index in [-0.39, 0.29) is 17.8 Å². The molecule has 1 atom stereocenters. The maximum Gasteiger partial charge on any atom is 0.254 e. The van der Waals surface area contributed by atoms with Gasteiger partial charge in [-0.25, -0.2) is 4.39 Å². The van der Waals surface area contributed by atoms with Crippen molar-refractivity contribution in [2.75, 3.05) is 0 Å². The molecule has 3 aromatic rings. The van der Waals surface area contributed by atoms with Gasteiger partial charge in [0.15, 0.2) is 0 Å². The molecule has 28 heavy (non-hydrogen) atoms. The van der Waals surface area contributed by atoms with Crippen molar-refractivity contribution in [2.24, 2.45) is 0 Å². The summed E-state index contributed by atoms with van der Waals surface area (Å²) >= 11 is 6.10. The van der Waals surface area contributed by atoms with E-state index in [0.717, 1.165) is 17.7 Å². The molecular formula is C23H24ClFN2O. The summed E-state index contributed by atoms with van der Waals surface area (Å²) in [5.74, 6) is -0.438. The van der Waals surface area contributed by atoms with E-state index in [1.54, 1.807) is 0 Å². The predicted octanol–water partition coefficient (Wildman–Crippen LogP) is 5.77. The van der Waals surface area contributed by atoms with Crippen LogP contribution in [0.25, 0.3) is 0 Å². The standard InChI is InChI=1S/C23H24ClFN2O/c1-3-17(2)27(23(28)19-9-11-21(25)12-10-19)16-22-8-5-13-26(22)15-18-6-4-7-20(24)14-18/h4-14,17H,3,15-16H2,1-2H3/t17-/m0/s1. The molecule has 2 aromatic carbocycles. The third-order valence-corrected chi connectivity index (χ3v) is 5.21. The van der Waals surface area contributed by atoms with Crippen LogP contribution in [0.2, 0.25) is 5.02 Å². The molecule has 3 rings (SSSR count). The molecule has 0 aliphatic heterocycles. The Hall–Kier alpha value is -2.59. The quantitative estimate of drug-likeness (QED) is 0.496. The molecule has 5 heteroatoms. The summed E-state index contributed by atoms with van der Waals surface area (Å²) in [6, 6.07) is 17.6. The van der Waals surface area contributed by atoms with E-state index in [0.29, 0.717) is 23.7 Å². The largest absolute Gasteiger partial charge is 0.345 e. The van der Waals surface area contributed by atoms with Crippen LogP contribution in [0, 0.1) is 5.82 Å². The van der Waals surface area contributed by atoms with Gasteiger partial charge in [0.25, 0.3) is 5.91 Å². The number of benzene rings is 2. The van der Waals surface area contributed by atoms with Gasteiger partial charge >= 0.3 is 0 Å². The number of rotatable bonds is 7. The summed E-state index contributed by atoms with van der Waals surface area (Å²) < 4.78 is 15.4. The van der Waals surface area contributed by atoms with Crippen LogP contribution in [0.15, 0.2) is 66.9 Å². The van der Waals surface area contributed by atoms with E-state index in [1.807, 2.05) is 54.4 Å². The monoisotopic (exact) mass is 398 g/mol. The SMILES string of the molecule is CC[C@H](C)N(Cc1cccn1Cc1cccc(Cl)c1)C(=O)c1ccc(F)cc1. The summed E-state index contributed by atoms with van der Waals surface area (Å²) in [5.41, 5.74) is 2.63. The Morgan fingerprint density at radius 2 is 1.89 bits per heavy atom. The second-order valence-electron chi connectivity index (χ2n) is 6.95. The second-order valence-corrected chi connectivity index (χ2v) is 7.39. The molecular weight excluding hydrogens is 375 g/mol. The van der Waals surface area contributed by atoms with E-state index in [9.17, 15) is 9.18 Å². The first-order valence-electron chi connectivity index (χ1n) is 9.43. The molecule has 0 spiro atoms. The number of hydrogen-bond donors (Lipinski definition) is 0. The van der Waals surface area contributed by atoms with Gasteiger partial charge < -0.3 is 9.47 Å². The van der Waals surface area contributed by atoms with E-state index in [2.05, 4.69) is 11.5 Å². The van der Waals surface area contributed by atoms with E-state index in [4.69, 9.17) is 11.6 Å². The lowest BCUT2D eigenvalue weighted by molar-refractivity contribution is 0.0667. The third-order valence-electron chi connectivity index (χ3n) is 4.97. The summed E-state index contributed by atoms with van der Waals surface area (Å²) in [6.07, 6.45) is 2.84. The highest BCUT2D eigenvalue weighted by Gasteiger charge is 2.22. The highest BCUT2D eigenvalue weighted by atomic mass is 35.5. The molecule has 1 aromatic heterocycles. The van der Waals surface area contributed by atoms with E-state index in [1.165, 1.54) is 24.3 Å². The maximum atomic E-state index is 13.2. The lowest BCUT2D eigenvalue weighted by Gasteiger charge is -2.29. The van der Waals surface area contributed by atoms with Crippen molar-refractivity contribution in [3.63, 3.8) is 0 Å². The van der Waals surface area contributed by atoms with Crippen LogP contribution in [-0.4, -0.2) is 21.4 Å². The predicted molar refractivity (Wildman–Crippen MR) is 111 cm³/mol. The first kappa shape index (κ1) is 20.2. The van der Waals surface area contributed by atoms with Gasteiger partial charge in [-0.15, -0.1) is 0 Å². The molecule has 0 unspecified atom stereocenters. The molecule has 0 bridgehead atoms. The number of aromatic nitrogens is 1. The molecule has 146 valence electrons. The molecule has 0 N–H and O–H groups in total. The van der Waals surface area contributed by atoms with E-state index < -0.39 is 0 Å². The Bertz CT molecular complexity index is 936. The number of carbonyl (C=O) groups excluding carboxylic acids is 1. The van der Waals surface area contributed by atoms with Gasteiger partial charge in [-0.1, -0.05) is 30.7 Å². The minimum absolute atomic E-state index is 0.0621. The average Bonchev–Trinajstić information content (AvgIpc) is 3.12. The molecule has 0 fully saturated rings. The number of nitrogens with zero attached hydrogens (tertiary/aromatic N) is 2. The van der Waals surface area contributed by atoms with Crippen LogP contribution < -0.4 is 0 Å². The van der Waals surface area contributed by atoms with Crippen molar-refractivity contribution in [1.82, 2.24) is 9.47 Å². The van der Waals surface area contributed by atoms with Gasteiger partial charge in [-0.3, -0.25) is 4.79 Å². The Morgan fingerprint density at radius 3 is 2.57 bits per heavy atom. The van der Waals surface area contributed by atoms with Crippen LogP contribution in [-0.2, 0) is 13.1 Å². The summed E-state index contributed by atoms with van der Waals surface area (Å²) in [7, 11) is 0. The van der Waals surface area contributed by atoms with Gasteiger partial charge in [0, 0.05) is 35.1 Å². The van der Waals surface area contributed by atoms with Crippen LogP contribution in [0.4, 0.5) is 4.39 Å². The van der Waals surface area contributed by atoms with Crippen molar-refractivity contribution >= 4 is 17.5 Å². The lowest BCUT2D eigenvalue weighted by atomic mass is 10.1. The zero-order valence-corrected chi connectivity index (χ0v) is 16.9. The number of carbonyl (C=O) groups is 1. The van der Waals surface area contributed by atoms with Crippen LogP contribution in [0.3, 0.4) is 0 Å². The minimum atomic E-state index is -0.345. The first-order chi connectivity index (χ1) is 13.5. The molecule has 0 saturated carbocycles. The molecule has 0 radical (unpaired) electrons. The maximum absolute atomic E-state index is 13.2. The van der Waals surface area contributed by atoms with E-state index >= 15 is 0 Å². The van der Waals surface area contributed by atoms with Crippen molar-refractivity contribution < 1.29 is 9.18 Å². The Kier molecular flexibility index (Phi) is 6.53. The summed E-state index contributed by atoms with van der Waals surface area (Å²) in [6.45, 7) is 5.26. The average molecular weight is 399 g/mol. The summed E-state index contributed by atoms with van der Waals surface area (Å²) in [5, 5.41) is 0.707. The molecule has 3 nitrogen and oxygen atoms in total. The fourth-order valence-corrected chi connectivity index (χ4v) is 3.37. The van der Waals surface area contributed by atoms with Gasteiger partial charge in [0.05, 0.1) is 6.54 Å². The lowest BCUT2D eigenvalue weighted by Crippen LogP contribution is -2.38. The molecule has 0 aliphatic rings.